The number of carbonyl (C=O) groups is 1. The average molecular weight is 584 g/mol. The molecule has 0 spiro atoms. The summed E-state index contributed by atoms with van der Waals surface area (Å²) in [6, 6.07) is 22.9. The summed E-state index contributed by atoms with van der Waals surface area (Å²) in [6.45, 7) is 6.33. The molecule has 3 heterocycles. The zero-order chi connectivity index (χ0) is 29.3. The maximum absolute atomic E-state index is 13.4. The molecular formula is C32H33N5O4S. The van der Waals surface area contributed by atoms with Crippen LogP contribution >= 0.6 is 0 Å². The quantitative estimate of drug-likeness (QED) is 0.218. The first kappa shape index (κ1) is 27.7. The number of anilines is 3. The fraction of sp³-hybridized carbons (Fsp3) is 0.250. The van der Waals surface area contributed by atoms with Gasteiger partial charge in [-0.1, -0.05) is 54.0 Å². The molecule has 0 atom stereocenters. The third-order valence-corrected chi connectivity index (χ3v) is 9.27. The van der Waals surface area contributed by atoms with E-state index in [2.05, 4.69) is 37.5 Å². The molecule has 0 saturated carbocycles. The molecule has 1 fully saturated rings. The van der Waals surface area contributed by atoms with E-state index in [1.54, 1.807) is 32.0 Å². The van der Waals surface area contributed by atoms with Crippen LogP contribution in [0.3, 0.4) is 0 Å². The maximum Gasteiger partial charge on any atom is 0.267 e. The number of aryl methyl sites for hydroxylation is 2. The van der Waals surface area contributed by atoms with E-state index < -0.39 is 10.0 Å². The molecule has 42 heavy (non-hydrogen) atoms. The number of piperidine rings is 1. The van der Waals surface area contributed by atoms with E-state index in [-0.39, 0.29) is 22.3 Å². The normalized spacial score (nSPS) is 16.6. The molecule has 2 aliphatic heterocycles. The first-order chi connectivity index (χ1) is 20.3. The molecule has 216 valence electrons. The van der Waals surface area contributed by atoms with Gasteiger partial charge in [0.1, 0.15) is 5.69 Å². The van der Waals surface area contributed by atoms with Crippen LogP contribution in [0.5, 0.6) is 0 Å². The molecule has 1 amide bonds. The van der Waals surface area contributed by atoms with Gasteiger partial charge in [-0.25, -0.2) is 8.42 Å². The molecule has 1 saturated heterocycles. The van der Waals surface area contributed by atoms with E-state index in [9.17, 15) is 13.2 Å². The van der Waals surface area contributed by atoms with Gasteiger partial charge in [0.2, 0.25) is 0 Å². The molecule has 3 N–H and O–H groups in total. The van der Waals surface area contributed by atoms with Gasteiger partial charge in [-0.15, -0.1) is 0 Å². The molecule has 0 bridgehead atoms. The lowest BCUT2D eigenvalue weighted by atomic mass is 9.99. The molecule has 2 aliphatic rings. The maximum atomic E-state index is 13.4. The highest BCUT2D eigenvalue weighted by molar-refractivity contribution is 7.92. The Hall–Kier alpha value is -4.41. The third kappa shape index (κ3) is 5.68. The number of nitrogens with zero attached hydrogens (tertiary/aromatic N) is 2. The summed E-state index contributed by atoms with van der Waals surface area (Å²) in [5.41, 5.74) is 5.75. The summed E-state index contributed by atoms with van der Waals surface area (Å²) in [7, 11) is -3.96. The number of rotatable bonds is 8. The molecule has 1 aromatic heterocycles. The predicted molar refractivity (Wildman–Crippen MR) is 164 cm³/mol. The highest BCUT2D eigenvalue weighted by Gasteiger charge is 2.30. The second kappa shape index (κ2) is 11.5. The number of hydrogen-bond donors (Lipinski definition) is 3. The van der Waals surface area contributed by atoms with Crippen molar-refractivity contribution in [2.75, 3.05) is 28.4 Å². The molecule has 3 aromatic carbocycles. The van der Waals surface area contributed by atoms with Crippen LogP contribution < -0.4 is 15.4 Å². The molecule has 10 heteroatoms. The van der Waals surface area contributed by atoms with Crippen molar-refractivity contribution in [2.45, 2.75) is 44.6 Å². The summed E-state index contributed by atoms with van der Waals surface area (Å²) >= 11 is 0. The number of carbonyl (C=O) groups excluding carboxylic acids is 1. The minimum absolute atomic E-state index is 0.00309. The van der Waals surface area contributed by atoms with E-state index >= 15 is 0 Å². The van der Waals surface area contributed by atoms with E-state index in [0.717, 1.165) is 30.9 Å². The first-order valence-corrected chi connectivity index (χ1v) is 15.6. The lowest BCUT2D eigenvalue weighted by Crippen LogP contribution is -2.29. The van der Waals surface area contributed by atoms with Gasteiger partial charge < -0.3 is 15.2 Å². The first-order valence-electron chi connectivity index (χ1n) is 14.1. The Morgan fingerprint density at radius 2 is 1.67 bits per heavy atom. The van der Waals surface area contributed by atoms with Gasteiger partial charge in [0.15, 0.2) is 10.7 Å². The van der Waals surface area contributed by atoms with Crippen molar-refractivity contribution >= 4 is 44.3 Å². The fourth-order valence-electron chi connectivity index (χ4n) is 5.64. The zero-order valence-corrected chi connectivity index (χ0v) is 24.4. The van der Waals surface area contributed by atoms with Crippen molar-refractivity contribution in [1.82, 2.24) is 10.1 Å². The Balaban J connectivity index is 1.34. The number of fused-ring (bicyclic) bond motifs is 1. The molecule has 0 radical (unpaired) electrons. The van der Waals surface area contributed by atoms with E-state index in [1.807, 2.05) is 42.5 Å². The molecule has 6 rings (SSSR count). The topological polar surface area (TPSA) is 117 Å². The van der Waals surface area contributed by atoms with Crippen molar-refractivity contribution < 1.29 is 17.7 Å². The molecule has 4 aromatic rings. The Morgan fingerprint density at radius 3 is 2.36 bits per heavy atom. The van der Waals surface area contributed by atoms with Gasteiger partial charge in [-0.2, -0.15) is 0 Å². The second-order valence-corrected chi connectivity index (χ2v) is 12.4. The van der Waals surface area contributed by atoms with Crippen LogP contribution in [-0.4, -0.2) is 37.5 Å². The van der Waals surface area contributed by atoms with Crippen LogP contribution in [-0.2, 0) is 21.4 Å². The summed E-state index contributed by atoms with van der Waals surface area (Å²) in [5, 5.41) is 10.2. The summed E-state index contributed by atoms with van der Waals surface area (Å²) in [4.78, 5) is 15.9. The highest BCUT2D eigenvalue weighted by atomic mass is 32.2. The lowest BCUT2D eigenvalue weighted by Gasteiger charge is -2.26. The van der Waals surface area contributed by atoms with Gasteiger partial charge in [0.05, 0.1) is 11.3 Å². The van der Waals surface area contributed by atoms with Gasteiger partial charge >= 0.3 is 0 Å². The van der Waals surface area contributed by atoms with Gasteiger partial charge in [-0.3, -0.25) is 14.4 Å². The van der Waals surface area contributed by atoms with Crippen molar-refractivity contribution in [3.05, 3.63) is 101 Å². The Labute approximate surface area is 245 Å². The van der Waals surface area contributed by atoms with Crippen molar-refractivity contribution in [3.63, 3.8) is 0 Å². The smallest absolute Gasteiger partial charge is 0.267 e. The van der Waals surface area contributed by atoms with Crippen LogP contribution in [0.1, 0.15) is 47.4 Å². The number of aromatic nitrogens is 1. The molecule has 9 nitrogen and oxygen atoms in total. The molecular weight excluding hydrogens is 550 g/mol. The van der Waals surface area contributed by atoms with E-state index in [4.69, 9.17) is 4.52 Å². The molecule has 0 unspecified atom stereocenters. The summed E-state index contributed by atoms with van der Waals surface area (Å²) < 4.78 is 34.0. The fourth-order valence-corrected chi connectivity index (χ4v) is 7.02. The average Bonchev–Trinajstić information content (AvgIpc) is 3.50. The lowest BCUT2D eigenvalue weighted by molar-refractivity contribution is -0.110. The zero-order valence-electron chi connectivity index (χ0n) is 23.6. The SMILES string of the molecule is Cc1noc(C)c1S(=O)(=O)Nc1ccc2c(c1)/C(=C(\Nc1ccc(CN3CCCCC3)cc1)c1ccccc1)C(=O)N2. The number of likely N-dealkylation sites (tertiary alicyclic amines) is 1. The van der Waals surface area contributed by atoms with Gasteiger partial charge in [-0.05, 0) is 81.2 Å². The van der Waals surface area contributed by atoms with Crippen LogP contribution in [0.25, 0.3) is 11.3 Å². The van der Waals surface area contributed by atoms with Crippen molar-refractivity contribution in [1.29, 1.82) is 0 Å². The largest absolute Gasteiger partial charge is 0.360 e. The van der Waals surface area contributed by atoms with E-state index in [0.29, 0.717) is 28.2 Å². The third-order valence-electron chi connectivity index (χ3n) is 7.64. The number of sulfonamides is 1. The molecule has 0 aliphatic carbocycles. The van der Waals surface area contributed by atoms with Crippen LogP contribution in [0, 0.1) is 13.8 Å². The van der Waals surface area contributed by atoms with Gasteiger partial charge in [0.25, 0.3) is 15.9 Å². The predicted octanol–water partition coefficient (Wildman–Crippen LogP) is 6.01. The number of nitrogens with one attached hydrogen (secondary N) is 3. The van der Waals surface area contributed by atoms with Crippen molar-refractivity contribution in [2.24, 2.45) is 0 Å². The van der Waals surface area contributed by atoms with Crippen molar-refractivity contribution in [3.8, 4) is 0 Å². The van der Waals surface area contributed by atoms with Gasteiger partial charge in [0, 0.05) is 29.2 Å². The Morgan fingerprint density at radius 1 is 0.952 bits per heavy atom. The number of benzene rings is 3. The summed E-state index contributed by atoms with van der Waals surface area (Å²) in [6.07, 6.45) is 3.81. The van der Waals surface area contributed by atoms with E-state index in [1.165, 1.54) is 24.8 Å². The summed E-state index contributed by atoms with van der Waals surface area (Å²) in [5.74, 6) is -0.0695. The minimum Gasteiger partial charge on any atom is -0.360 e. The van der Waals surface area contributed by atoms with Crippen LogP contribution in [0.15, 0.2) is 82.2 Å². The Bertz CT molecular complexity index is 1740. The number of hydrogen-bond acceptors (Lipinski definition) is 7. The van der Waals surface area contributed by atoms with Crippen LogP contribution in [0.2, 0.25) is 0 Å². The standard InChI is InChI=1S/C32H33N5O4S/c1-21-31(22(2)41-35-21)42(39,40)36-26-15-16-28-27(19-26)29(32(38)34-28)30(24-9-5-3-6-10-24)33-25-13-11-23(12-14-25)20-37-17-7-4-8-18-37/h3,5-6,9-16,19,33,36H,4,7-8,17-18,20H2,1-2H3,(H,34,38)/b30-29+. The van der Waals surface area contributed by atoms with Crippen LogP contribution in [0.4, 0.5) is 17.1 Å². The minimum atomic E-state index is -3.96. The number of amides is 1. The monoisotopic (exact) mass is 583 g/mol. The highest BCUT2D eigenvalue weighted by Crippen LogP contribution is 2.39. The second-order valence-electron chi connectivity index (χ2n) is 10.7. The Kier molecular flexibility index (Phi) is 7.57.